The van der Waals surface area contributed by atoms with E-state index in [1.165, 1.54) is 6.20 Å². The minimum atomic E-state index is -0.213. The first-order valence-corrected chi connectivity index (χ1v) is 9.34. The largest absolute Gasteiger partial charge is 0.496 e. The van der Waals surface area contributed by atoms with Crippen LogP contribution in [0, 0.1) is 0 Å². The minimum absolute atomic E-state index is 0.0233. The Bertz CT molecular complexity index is 957. The number of nitrogens with zero attached hydrogens (tertiary/aromatic N) is 1. The van der Waals surface area contributed by atoms with Gasteiger partial charge in [-0.2, -0.15) is 0 Å². The van der Waals surface area contributed by atoms with Crippen molar-refractivity contribution < 1.29 is 14.3 Å². The quantitative estimate of drug-likeness (QED) is 0.617. The number of carbonyl (C=O) groups is 2. The number of aryl methyl sites for hydroxylation is 1. The molecule has 6 nitrogen and oxygen atoms in total. The number of anilines is 1. The van der Waals surface area contributed by atoms with Crippen LogP contribution in [0.1, 0.15) is 27.9 Å². The summed E-state index contributed by atoms with van der Waals surface area (Å²) in [6.07, 6.45) is 4.15. The minimum Gasteiger partial charge on any atom is -0.496 e. The summed E-state index contributed by atoms with van der Waals surface area (Å²) in [4.78, 5) is 28.2. The molecule has 0 spiro atoms. The van der Waals surface area contributed by atoms with Crippen molar-refractivity contribution in [2.24, 2.45) is 0 Å². The third-order valence-corrected chi connectivity index (χ3v) is 4.44. The van der Waals surface area contributed by atoms with Gasteiger partial charge in [0.1, 0.15) is 5.75 Å². The second-order valence-corrected chi connectivity index (χ2v) is 6.48. The summed E-state index contributed by atoms with van der Waals surface area (Å²) in [5.41, 5.74) is 3.15. The Morgan fingerprint density at radius 1 is 1.00 bits per heavy atom. The van der Waals surface area contributed by atoms with Crippen molar-refractivity contribution in [1.82, 2.24) is 10.3 Å². The lowest BCUT2D eigenvalue weighted by atomic mass is 10.1. The maximum absolute atomic E-state index is 12.1. The number of benzene rings is 2. The summed E-state index contributed by atoms with van der Waals surface area (Å²) >= 11 is 0. The number of methoxy groups -OCH3 is 1. The lowest BCUT2D eigenvalue weighted by molar-refractivity contribution is -0.121. The van der Waals surface area contributed by atoms with E-state index >= 15 is 0 Å². The van der Waals surface area contributed by atoms with Crippen molar-refractivity contribution in [3.63, 3.8) is 0 Å². The topological polar surface area (TPSA) is 80.3 Å². The highest BCUT2D eigenvalue weighted by Gasteiger charge is 2.07. The Kier molecular flexibility index (Phi) is 6.95. The zero-order valence-corrected chi connectivity index (χ0v) is 16.2. The number of ether oxygens (including phenoxy) is 1. The third-order valence-electron chi connectivity index (χ3n) is 4.44. The highest BCUT2D eigenvalue weighted by atomic mass is 16.5. The van der Waals surface area contributed by atoms with Gasteiger partial charge in [-0.25, -0.2) is 0 Å². The first-order valence-electron chi connectivity index (χ1n) is 9.34. The van der Waals surface area contributed by atoms with Crippen LogP contribution >= 0.6 is 0 Å². The van der Waals surface area contributed by atoms with Crippen LogP contribution in [0.25, 0.3) is 0 Å². The molecule has 0 saturated carbocycles. The van der Waals surface area contributed by atoms with Gasteiger partial charge in [0.15, 0.2) is 0 Å². The predicted octanol–water partition coefficient (Wildman–Crippen LogP) is 3.59. The fraction of sp³-hybridized carbons (Fsp3) is 0.174. The normalized spacial score (nSPS) is 10.2. The van der Waals surface area contributed by atoms with E-state index in [1.807, 2.05) is 48.5 Å². The number of para-hydroxylation sites is 1. The fourth-order valence-electron chi connectivity index (χ4n) is 2.85. The molecule has 0 saturated heterocycles. The van der Waals surface area contributed by atoms with Crippen LogP contribution in [0.4, 0.5) is 5.69 Å². The molecule has 0 aliphatic rings. The third kappa shape index (κ3) is 5.90. The number of rotatable bonds is 8. The van der Waals surface area contributed by atoms with Crippen molar-refractivity contribution in [2.75, 3.05) is 12.4 Å². The molecule has 0 radical (unpaired) electrons. The number of nitrogens with one attached hydrogen (secondary N) is 2. The average molecular weight is 389 g/mol. The second-order valence-electron chi connectivity index (χ2n) is 6.48. The SMILES string of the molecule is COc1ccccc1CCC(=O)NCc1ccc(NC(=O)c2cccnc2)cc1. The number of pyridine rings is 1. The van der Waals surface area contributed by atoms with Crippen molar-refractivity contribution in [2.45, 2.75) is 19.4 Å². The molecule has 3 aromatic rings. The molecule has 0 unspecified atom stereocenters. The van der Waals surface area contributed by atoms with E-state index in [0.29, 0.717) is 30.6 Å². The van der Waals surface area contributed by atoms with Gasteiger partial charge in [0, 0.05) is 31.0 Å². The van der Waals surface area contributed by atoms with Crippen LogP contribution in [-0.4, -0.2) is 23.9 Å². The second kappa shape index (κ2) is 10.0. The number of hydrogen-bond donors (Lipinski definition) is 2. The summed E-state index contributed by atoms with van der Waals surface area (Å²) < 4.78 is 5.31. The van der Waals surface area contributed by atoms with Gasteiger partial charge < -0.3 is 15.4 Å². The molecular weight excluding hydrogens is 366 g/mol. The number of hydrogen-bond acceptors (Lipinski definition) is 4. The van der Waals surface area contributed by atoms with E-state index in [4.69, 9.17) is 4.74 Å². The fourth-order valence-corrected chi connectivity index (χ4v) is 2.85. The molecule has 3 rings (SSSR count). The van der Waals surface area contributed by atoms with Crippen LogP contribution in [0.2, 0.25) is 0 Å². The first kappa shape index (κ1) is 20.1. The summed E-state index contributed by atoms with van der Waals surface area (Å²) in [5.74, 6) is 0.560. The molecule has 1 aromatic heterocycles. The Labute approximate surface area is 169 Å². The molecule has 0 aliphatic heterocycles. The molecule has 0 fully saturated rings. The molecule has 0 atom stereocenters. The molecule has 6 heteroatoms. The Balaban J connectivity index is 1.46. The maximum Gasteiger partial charge on any atom is 0.257 e. The molecule has 0 aliphatic carbocycles. The van der Waals surface area contributed by atoms with Gasteiger partial charge in [-0.15, -0.1) is 0 Å². The molecule has 29 heavy (non-hydrogen) atoms. The Morgan fingerprint density at radius 2 is 1.79 bits per heavy atom. The number of carbonyl (C=O) groups excluding carboxylic acids is 2. The lowest BCUT2D eigenvalue weighted by Crippen LogP contribution is -2.23. The zero-order valence-electron chi connectivity index (χ0n) is 16.2. The van der Waals surface area contributed by atoms with E-state index in [-0.39, 0.29) is 11.8 Å². The molecule has 148 valence electrons. The van der Waals surface area contributed by atoms with E-state index in [1.54, 1.807) is 25.4 Å². The molecule has 2 N–H and O–H groups in total. The van der Waals surface area contributed by atoms with Crippen LogP contribution in [0.15, 0.2) is 73.1 Å². The molecule has 0 bridgehead atoms. The maximum atomic E-state index is 12.1. The number of amides is 2. The Hall–Kier alpha value is -3.67. The lowest BCUT2D eigenvalue weighted by Gasteiger charge is -2.09. The Morgan fingerprint density at radius 3 is 2.52 bits per heavy atom. The van der Waals surface area contributed by atoms with E-state index in [9.17, 15) is 9.59 Å². The summed E-state index contributed by atoms with van der Waals surface area (Å²) in [5, 5.41) is 5.74. The molecule has 2 aromatic carbocycles. The smallest absolute Gasteiger partial charge is 0.257 e. The van der Waals surface area contributed by atoms with Crippen molar-refractivity contribution in [3.8, 4) is 5.75 Å². The van der Waals surface area contributed by atoms with Crippen molar-refractivity contribution >= 4 is 17.5 Å². The van der Waals surface area contributed by atoms with Gasteiger partial charge in [-0.1, -0.05) is 30.3 Å². The standard InChI is InChI=1S/C23H23N3O3/c1-29-21-7-3-2-5-18(21)10-13-22(27)25-15-17-8-11-20(12-9-17)26-23(28)19-6-4-14-24-16-19/h2-9,11-12,14,16H,10,13,15H2,1H3,(H,25,27)(H,26,28). The van der Waals surface area contributed by atoms with Crippen LogP contribution in [-0.2, 0) is 17.8 Å². The van der Waals surface area contributed by atoms with Gasteiger partial charge in [-0.3, -0.25) is 14.6 Å². The van der Waals surface area contributed by atoms with Crippen LogP contribution in [0.3, 0.4) is 0 Å². The molecule has 2 amide bonds. The average Bonchev–Trinajstić information content (AvgIpc) is 2.78. The van der Waals surface area contributed by atoms with Crippen molar-refractivity contribution in [1.29, 1.82) is 0 Å². The summed E-state index contributed by atoms with van der Waals surface area (Å²) in [6.45, 7) is 0.432. The summed E-state index contributed by atoms with van der Waals surface area (Å²) in [6, 6.07) is 18.5. The monoisotopic (exact) mass is 389 g/mol. The van der Waals surface area contributed by atoms with Gasteiger partial charge in [0.25, 0.3) is 5.91 Å². The highest BCUT2D eigenvalue weighted by Crippen LogP contribution is 2.18. The van der Waals surface area contributed by atoms with Gasteiger partial charge in [-0.05, 0) is 47.9 Å². The number of aromatic nitrogens is 1. The van der Waals surface area contributed by atoms with E-state index < -0.39 is 0 Å². The van der Waals surface area contributed by atoms with Crippen LogP contribution < -0.4 is 15.4 Å². The van der Waals surface area contributed by atoms with Crippen molar-refractivity contribution in [3.05, 3.63) is 89.7 Å². The first-order chi connectivity index (χ1) is 14.2. The molecular formula is C23H23N3O3. The van der Waals surface area contributed by atoms with Crippen LogP contribution in [0.5, 0.6) is 5.75 Å². The van der Waals surface area contributed by atoms with Gasteiger partial charge in [0.2, 0.25) is 5.91 Å². The zero-order chi connectivity index (χ0) is 20.5. The van der Waals surface area contributed by atoms with Gasteiger partial charge in [0.05, 0.1) is 12.7 Å². The molecule has 1 heterocycles. The van der Waals surface area contributed by atoms with E-state index in [2.05, 4.69) is 15.6 Å². The summed E-state index contributed by atoms with van der Waals surface area (Å²) in [7, 11) is 1.63. The van der Waals surface area contributed by atoms with E-state index in [0.717, 1.165) is 16.9 Å². The predicted molar refractivity (Wildman–Crippen MR) is 112 cm³/mol. The highest BCUT2D eigenvalue weighted by molar-refractivity contribution is 6.04. The van der Waals surface area contributed by atoms with Gasteiger partial charge >= 0.3 is 0 Å².